The van der Waals surface area contributed by atoms with Crippen LogP contribution in [0.3, 0.4) is 0 Å². The smallest absolute Gasteiger partial charge is 0.0622 e. The summed E-state index contributed by atoms with van der Waals surface area (Å²) in [6.07, 6.45) is 0.941. The standard InChI is InChI=1S/C44H32/c1-29-22-24-37-38-25-23-33(39(31-12-3-2-4-13-31)27-32-16-11-15-30-14-5-6-17-34(30)32)28-43(38)44(42(37)26-29)40-20-9-7-18-35(40)36-19-8-10-21-41(36)44/h2-26,28,39H,27H2,1H3. The highest BCUT2D eigenvalue weighted by Crippen LogP contribution is 2.63. The summed E-state index contributed by atoms with van der Waals surface area (Å²) in [7, 11) is 0. The lowest BCUT2D eigenvalue weighted by Gasteiger charge is -2.31. The molecule has 2 aliphatic carbocycles. The Morgan fingerprint density at radius 3 is 1.82 bits per heavy atom. The summed E-state index contributed by atoms with van der Waals surface area (Å²) >= 11 is 0. The average molecular weight is 561 g/mol. The molecule has 1 spiro atoms. The van der Waals surface area contributed by atoms with E-state index in [1.54, 1.807) is 0 Å². The Morgan fingerprint density at radius 2 is 1.05 bits per heavy atom. The highest BCUT2D eigenvalue weighted by Gasteiger charge is 2.51. The Morgan fingerprint density at radius 1 is 0.455 bits per heavy atom. The van der Waals surface area contributed by atoms with E-state index in [9.17, 15) is 0 Å². The van der Waals surface area contributed by atoms with Crippen LogP contribution in [0, 0.1) is 6.92 Å². The number of hydrogen-bond acceptors (Lipinski definition) is 0. The average Bonchev–Trinajstić information content (AvgIpc) is 3.54. The van der Waals surface area contributed by atoms with E-state index in [1.165, 1.54) is 77.5 Å². The van der Waals surface area contributed by atoms with Crippen LogP contribution in [0.5, 0.6) is 0 Å². The lowest BCUT2D eigenvalue weighted by molar-refractivity contribution is 0.774. The van der Waals surface area contributed by atoms with Gasteiger partial charge in [0.25, 0.3) is 0 Å². The second-order valence-electron chi connectivity index (χ2n) is 12.5. The molecule has 0 saturated carbocycles. The molecule has 0 bridgehead atoms. The van der Waals surface area contributed by atoms with Crippen molar-refractivity contribution in [3.05, 3.63) is 202 Å². The first-order valence-electron chi connectivity index (χ1n) is 15.7. The summed E-state index contributed by atoms with van der Waals surface area (Å²) in [5.41, 5.74) is 16.1. The molecule has 0 aliphatic heterocycles. The Labute approximate surface area is 259 Å². The first-order chi connectivity index (χ1) is 21.7. The molecular weight excluding hydrogens is 528 g/mol. The van der Waals surface area contributed by atoms with E-state index < -0.39 is 0 Å². The van der Waals surface area contributed by atoms with E-state index in [2.05, 4.69) is 165 Å². The van der Waals surface area contributed by atoms with Crippen molar-refractivity contribution in [2.45, 2.75) is 24.7 Å². The fourth-order valence-corrected chi connectivity index (χ4v) is 8.29. The molecule has 9 rings (SSSR count). The highest BCUT2D eigenvalue weighted by atomic mass is 14.5. The predicted molar refractivity (Wildman–Crippen MR) is 183 cm³/mol. The van der Waals surface area contributed by atoms with Gasteiger partial charge in [0.05, 0.1) is 5.41 Å². The molecule has 0 fully saturated rings. The highest BCUT2D eigenvalue weighted by molar-refractivity contribution is 5.95. The minimum Gasteiger partial charge on any atom is -0.0622 e. The molecule has 44 heavy (non-hydrogen) atoms. The van der Waals surface area contributed by atoms with Crippen molar-refractivity contribution in [2.24, 2.45) is 0 Å². The molecule has 0 aromatic heterocycles. The van der Waals surface area contributed by atoms with E-state index >= 15 is 0 Å². The minimum absolute atomic E-state index is 0.224. The van der Waals surface area contributed by atoms with Gasteiger partial charge in [0.2, 0.25) is 0 Å². The molecule has 0 heteroatoms. The second kappa shape index (κ2) is 9.66. The maximum Gasteiger partial charge on any atom is 0.0725 e. The maximum absolute atomic E-state index is 2.56. The van der Waals surface area contributed by atoms with Crippen molar-refractivity contribution in [3.63, 3.8) is 0 Å². The predicted octanol–water partition coefficient (Wildman–Crippen LogP) is 10.9. The van der Waals surface area contributed by atoms with Gasteiger partial charge in [-0.25, -0.2) is 0 Å². The molecule has 2 aliphatic rings. The van der Waals surface area contributed by atoms with Gasteiger partial charge < -0.3 is 0 Å². The van der Waals surface area contributed by atoms with Crippen LogP contribution in [0.4, 0.5) is 0 Å². The quantitative estimate of drug-likeness (QED) is 0.201. The molecule has 0 radical (unpaired) electrons. The largest absolute Gasteiger partial charge is 0.0725 e. The Balaban J connectivity index is 1.31. The van der Waals surface area contributed by atoms with Crippen LogP contribution < -0.4 is 0 Å². The molecule has 0 heterocycles. The molecular formula is C44H32. The Bertz CT molecular complexity index is 2170. The van der Waals surface area contributed by atoms with Crippen LogP contribution in [0.25, 0.3) is 33.0 Å². The number of rotatable bonds is 4. The van der Waals surface area contributed by atoms with Crippen LogP contribution in [0.2, 0.25) is 0 Å². The molecule has 1 unspecified atom stereocenters. The Hall–Kier alpha value is -5.20. The SMILES string of the molecule is Cc1ccc2c(c1)C1(c3ccccc3-c3ccccc31)c1cc(C(Cc3cccc4ccccc34)c3ccccc3)ccc1-2. The van der Waals surface area contributed by atoms with Gasteiger partial charge in [-0.1, -0.05) is 163 Å². The van der Waals surface area contributed by atoms with Crippen molar-refractivity contribution < 1.29 is 0 Å². The van der Waals surface area contributed by atoms with Gasteiger partial charge in [-0.05, 0) is 85.3 Å². The molecule has 7 aromatic rings. The fraction of sp³-hybridized carbons (Fsp3) is 0.0909. The fourth-order valence-electron chi connectivity index (χ4n) is 8.29. The molecule has 0 saturated heterocycles. The van der Waals surface area contributed by atoms with Crippen molar-refractivity contribution in [1.82, 2.24) is 0 Å². The normalized spacial score (nSPS) is 14.2. The lowest BCUT2D eigenvalue weighted by atomic mass is 9.69. The van der Waals surface area contributed by atoms with Crippen LogP contribution in [-0.2, 0) is 11.8 Å². The van der Waals surface area contributed by atoms with Crippen LogP contribution >= 0.6 is 0 Å². The minimum atomic E-state index is -0.333. The number of benzene rings is 7. The van der Waals surface area contributed by atoms with Gasteiger partial charge in [0.1, 0.15) is 0 Å². The summed E-state index contributed by atoms with van der Waals surface area (Å²) < 4.78 is 0. The molecule has 0 N–H and O–H groups in total. The third-order valence-corrected chi connectivity index (χ3v) is 10.2. The first kappa shape index (κ1) is 25.3. The number of aryl methyl sites for hydroxylation is 1. The van der Waals surface area contributed by atoms with Crippen LogP contribution in [0.1, 0.15) is 50.4 Å². The molecule has 1 atom stereocenters. The zero-order valence-corrected chi connectivity index (χ0v) is 24.8. The monoisotopic (exact) mass is 560 g/mol. The number of hydrogen-bond donors (Lipinski definition) is 0. The van der Waals surface area contributed by atoms with Crippen molar-refractivity contribution >= 4 is 10.8 Å². The van der Waals surface area contributed by atoms with Gasteiger partial charge >= 0.3 is 0 Å². The van der Waals surface area contributed by atoms with Gasteiger partial charge in [-0.15, -0.1) is 0 Å². The molecule has 7 aromatic carbocycles. The van der Waals surface area contributed by atoms with Crippen LogP contribution in [-0.4, -0.2) is 0 Å². The van der Waals surface area contributed by atoms with E-state index in [0.29, 0.717) is 0 Å². The van der Waals surface area contributed by atoms with E-state index in [-0.39, 0.29) is 11.3 Å². The zero-order valence-electron chi connectivity index (χ0n) is 24.8. The lowest BCUT2D eigenvalue weighted by Crippen LogP contribution is -2.26. The number of fused-ring (bicyclic) bond motifs is 11. The summed E-state index contributed by atoms with van der Waals surface area (Å²) in [5.74, 6) is 0.224. The van der Waals surface area contributed by atoms with E-state index in [1.807, 2.05) is 0 Å². The zero-order chi connectivity index (χ0) is 29.3. The second-order valence-corrected chi connectivity index (χ2v) is 12.5. The van der Waals surface area contributed by atoms with Gasteiger partial charge in [0.15, 0.2) is 0 Å². The summed E-state index contributed by atoms with van der Waals surface area (Å²) in [4.78, 5) is 0. The maximum atomic E-state index is 2.56. The van der Waals surface area contributed by atoms with E-state index in [0.717, 1.165) is 6.42 Å². The third-order valence-electron chi connectivity index (χ3n) is 10.2. The van der Waals surface area contributed by atoms with Gasteiger partial charge in [0, 0.05) is 5.92 Å². The third kappa shape index (κ3) is 3.52. The van der Waals surface area contributed by atoms with Crippen LogP contribution in [0.15, 0.2) is 158 Å². The van der Waals surface area contributed by atoms with Crippen molar-refractivity contribution in [1.29, 1.82) is 0 Å². The Kier molecular flexibility index (Phi) is 5.56. The summed E-state index contributed by atoms with van der Waals surface area (Å²) in [5, 5.41) is 2.64. The van der Waals surface area contributed by atoms with Crippen molar-refractivity contribution in [3.8, 4) is 22.3 Å². The molecule has 0 nitrogen and oxygen atoms in total. The topological polar surface area (TPSA) is 0 Å². The molecule has 0 amide bonds. The summed E-state index contributed by atoms with van der Waals surface area (Å²) in [6.45, 7) is 2.23. The van der Waals surface area contributed by atoms with Gasteiger partial charge in [-0.3, -0.25) is 0 Å². The van der Waals surface area contributed by atoms with Crippen molar-refractivity contribution in [2.75, 3.05) is 0 Å². The first-order valence-corrected chi connectivity index (χ1v) is 15.7. The van der Waals surface area contributed by atoms with Gasteiger partial charge in [-0.2, -0.15) is 0 Å². The van der Waals surface area contributed by atoms with E-state index in [4.69, 9.17) is 0 Å². The summed E-state index contributed by atoms with van der Waals surface area (Å²) in [6, 6.07) is 59.3. The molecule has 208 valence electrons.